The molecule has 0 saturated heterocycles. The van der Waals surface area contributed by atoms with Crippen LogP contribution in [0.25, 0.3) is 40.4 Å². The number of ether oxygens (including phenoxy) is 10. The van der Waals surface area contributed by atoms with Crippen molar-refractivity contribution in [3.05, 3.63) is 21.9 Å². The first kappa shape index (κ1) is 59.7. The molecule has 14 heteroatoms. The van der Waals surface area contributed by atoms with Crippen molar-refractivity contribution in [3.8, 4) is 97.9 Å². The summed E-state index contributed by atoms with van der Waals surface area (Å²) < 4.78 is 67.4. The van der Waals surface area contributed by atoms with Crippen LogP contribution in [-0.2, 0) is 0 Å². The van der Waals surface area contributed by atoms with Crippen LogP contribution in [0.3, 0.4) is 0 Å². The zero-order chi connectivity index (χ0) is 54.1. The van der Waals surface area contributed by atoms with Gasteiger partial charge in [-0.1, -0.05) is 132 Å². The molecule has 7 rings (SSSR count). The molecule has 0 amide bonds. The Morgan fingerprint density at radius 3 is 0.961 bits per heavy atom. The van der Waals surface area contributed by atoms with Gasteiger partial charge >= 0.3 is 0 Å². The summed E-state index contributed by atoms with van der Waals surface area (Å²) in [5.74, 6) is 9.08. The molecule has 5 aromatic rings. The third-order valence-electron chi connectivity index (χ3n) is 15.2. The summed E-state index contributed by atoms with van der Waals surface area (Å²) in [4.78, 5) is 7.92. The molecule has 0 radical (unpaired) electrons. The molecule has 2 aliphatic rings. The van der Waals surface area contributed by atoms with Gasteiger partial charge in [-0.05, 0) is 75.3 Å². The highest BCUT2D eigenvalue weighted by Crippen LogP contribution is 2.63. The number of hydrogen-bond acceptors (Lipinski definition) is 14. The quantitative estimate of drug-likeness (QED) is 0.0397. The fraction of sp³-hybridized carbons (Fsp3) is 0.645. The summed E-state index contributed by atoms with van der Waals surface area (Å²) in [6, 6.07) is 4.26. The van der Waals surface area contributed by atoms with E-state index in [-0.39, 0.29) is 0 Å². The summed E-state index contributed by atoms with van der Waals surface area (Å²) in [5.41, 5.74) is 1.71. The standard InChI is InChI=1S/C62H90O10S4/c1-13-21-25-41(17-5)35-69-53-55(71-37-43(19-7)27-23-15-3)61(59-51-49(39(9)73-59)65-29-31-67-51)75-57(53)45-33-48(64-12)46(34-47(45)63-11)58-54(70-36-42(18-6)26-22-14-2)56(72-38-44(20-8)28-24-16-4)62(76-58)60-52-50(40(10)74-60)66-30-32-68-52/h33-34,41-44H,13-32,35-38H2,1-12H3. The zero-order valence-corrected chi connectivity index (χ0v) is 51.4. The fourth-order valence-electron chi connectivity index (χ4n) is 10.1. The van der Waals surface area contributed by atoms with Gasteiger partial charge in [0.05, 0.1) is 69.9 Å². The minimum absolute atomic E-state index is 0.385. The minimum Gasteiger partial charge on any atom is -0.496 e. The number of benzene rings is 1. The maximum absolute atomic E-state index is 7.23. The van der Waals surface area contributed by atoms with Crippen LogP contribution in [0.5, 0.6) is 57.5 Å². The molecule has 2 aliphatic heterocycles. The lowest BCUT2D eigenvalue weighted by atomic mass is 10.00. The maximum atomic E-state index is 7.23. The van der Waals surface area contributed by atoms with E-state index in [1.165, 1.54) is 0 Å². The molecule has 10 nitrogen and oxygen atoms in total. The average Bonchev–Trinajstić information content (AvgIpc) is 4.23. The second-order valence-electron chi connectivity index (χ2n) is 20.7. The van der Waals surface area contributed by atoms with E-state index in [0.717, 1.165) is 199 Å². The number of thiophene rings is 4. The van der Waals surface area contributed by atoms with Gasteiger partial charge in [0.25, 0.3) is 0 Å². The Labute approximate surface area is 472 Å². The minimum atomic E-state index is 0.385. The van der Waals surface area contributed by atoms with Crippen molar-refractivity contribution in [2.75, 3.05) is 67.1 Å². The van der Waals surface area contributed by atoms with E-state index in [9.17, 15) is 0 Å². The van der Waals surface area contributed by atoms with E-state index in [1.54, 1.807) is 59.6 Å². The highest BCUT2D eigenvalue weighted by atomic mass is 32.1. The van der Waals surface area contributed by atoms with E-state index >= 15 is 0 Å². The second-order valence-corrected chi connectivity index (χ2v) is 25.2. The molecule has 0 N–H and O–H groups in total. The highest BCUT2D eigenvalue weighted by molar-refractivity contribution is 7.25. The van der Waals surface area contributed by atoms with Gasteiger partial charge < -0.3 is 47.4 Å². The molecule has 4 atom stereocenters. The first-order chi connectivity index (χ1) is 37.1. The topological polar surface area (TPSA) is 92.3 Å². The van der Waals surface area contributed by atoms with Gasteiger partial charge in [-0.25, -0.2) is 0 Å². The highest BCUT2D eigenvalue weighted by Gasteiger charge is 2.36. The van der Waals surface area contributed by atoms with Crippen molar-refractivity contribution in [2.45, 2.75) is 172 Å². The zero-order valence-electron chi connectivity index (χ0n) is 48.2. The number of fused-ring (bicyclic) bond motifs is 2. The first-order valence-corrected chi connectivity index (χ1v) is 32.3. The number of unbranched alkanes of at least 4 members (excludes halogenated alkanes) is 4. The van der Waals surface area contributed by atoms with Crippen LogP contribution < -0.4 is 47.4 Å². The van der Waals surface area contributed by atoms with Crippen molar-refractivity contribution in [2.24, 2.45) is 23.7 Å². The number of rotatable bonds is 34. The van der Waals surface area contributed by atoms with Crippen LogP contribution in [0.15, 0.2) is 12.1 Å². The Bertz CT molecular complexity index is 2400. The normalized spacial score (nSPS) is 14.6. The van der Waals surface area contributed by atoms with Crippen LogP contribution in [0.2, 0.25) is 0 Å². The molecule has 0 spiro atoms. The summed E-state index contributed by atoms with van der Waals surface area (Å²) in [7, 11) is 3.52. The average molecular weight is 1120 g/mol. The molecule has 4 unspecified atom stereocenters. The lowest BCUT2D eigenvalue weighted by molar-refractivity contribution is 0.173. The number of aryl methyl sites for hydroxylation is 2. The maximum Gasteiger partial charge on any atom is 0.181 e. The summed E-state index contributed by atoms with van der Waals surface area (Å²) in [6.07, 6.45) is 17.7. The number of hydrogen-bond donors (Lipinski definition) is 0. The summed E-state index contributed by atoms with van der Waals surface area (Å²) >= 11 is 6.71. The first-order valence-electron chi connectivity index (χ1n) is 29.0. The summed E-state index contributed by atoms with van der Waals surface area (Å²) in [6.45, 7) is 26.7. The van der Waals surface area contributed by atoms with Crippen LogP contribution >= 0.6 is 45.3 Å². The van der Waals surface area contributed by atoms with Gasteiger partial charge in [-0.2, -0.15) is 0 Å². The van der Waals surface area contributed by atoms with Crippen molar-refractivity contribution < 1.29 is 47.4 Å². The molecule has 422 valence electrons. The van der Waals surface area contributed by atoms with Crippen LogP contribution in [-0.4, -0.2) is 67.1 Å². The molecule has 1 aromatic carbocycles. The molecule has 76 heavy (non-hydrogen) atoms. The van der Waals surface area contributed by atoms with E-state index < -0.39 is 0 Å². The van der Waals surface area contributed by atoms with E-state index in [1.807, 2.05) is 0 Å². The molecular weight excluding hydrogens is 1030 g/mol. The van der Waals surface area contributed by atoms with Gasteiger partial charge in [0.2, 0.25) is 0 Å². The van der Waals surface area contributed by atoms with Crippen LogP contribution in [0.1, 0.15) is 168 Å². The number of methoxy groups -OCH3 is 2. The predicted molar refractivity (Wildman–Crippen MR) is 319 cm³/mol. The lowest BCUT2D eigenvalue weighted by Gasteiger charge is -2.21. The monoisotopic (exact) mass is 1120 g/mol. The van der Waals surface area contributed by atoms with E-state index in [2.05, 4.69) is 81.4 Å². The molecular formula is C62H90O10S4. The Morgan fingerprint density at radius 2 is 0.684 bits per heavy atom. The van der Waals surface area contributed by atoms with Crippen LogP contribution in [0.4, 0.5) is 0 Å². The molecule has 0 aliphatic carbocycles. The van der Waals surface area contributed by atoms with Crippen molar-refractivity contribution in [1.82, 2.24) is 0 Å². The summed E-state index contributed by atoms with van der Waals surface area (Å²) in [5, 5.41) is 0. The molecule has 0 bridgehead atoms. The largest absolute Gasteiger partial charge is 0.496 e. The molecule has 6 heterocycles. The van der Waals surface area contributed by atoms with Gasteiger partial charge in [-0.15, -0.1) is 45.3 Å². The van der Waals surface area contributed by atoms with Crippen LogP contribution in [0, 0.1) is 37.5 Å². The Morgan fingerprint density at radius 1 is 0.395 bits per heavy atom. The molecule has 0 fully saturated rings. The lowest BCUT2D eigenvalue weighted by Crippen LogP contribution is -2.15. The van der Waals surface area contributed by atoms with Crippen molar-refractivity contribution in [1.29, 1.82) is 0 Å². The van der Waals surface area contributed by atoms with Gasteiger partial charge in [0, 0.05) is 20.9 Å². The third-order valence-corrected chi connectivity index (χ3v) is 20.1. The SMILES string of the molecule is CCCCC(CC)COc1c(-c2cc(OC)c(-c3sc(-c4sc(C)c5c4OCCO5)c(OCC(CC)CCCC)c3OCC(CC)CCCC)cc2OC)sc(-c2sc(C)c3c2OCCO3)c1OCC(CC)CCCC. The Kier molecular flexibility index (Phi) is 23.4. The third kappa shape index (κ3) is 14.1. The van der Waals surface area contributed by atoms with E-state index in [0.29, 0.717) is 88.0 Å². The molecule has 4 aromatic heterocycles. The Hall–Kier alpha value is -3.98. The second kappa shape index (κ2) is 29.8. The van der Waals surface area contributed by atoms with Gasteiger partial charge in [-0.3, -0.25) is 0 Å². The van der Waals surface area contributed by atoms with Crippen molar-refractivity contribution in [3.63, 3.8) is 0 Å². The van der Waals surface area contributed by atoms with E-state index in [4.69, 9.17) is 47.4 Å². The smallest absolute Gasteiger partial charge is 0.181 e. The predicted octanol–water partition coefficient (Wildman–Crippen LogP) is 19.2. The fourth-order valence-corrected chi connectivity index (χ4v) is 14.9. The Balaban J connectivity index is 1.46. The van der Waals surface area contributed by atoms with Crippen molar-refractivity contribution >= 4 is 45.3 Å². The molecule has 0 saturated carbocycles. The van der Waals surface area contributed by atoms with Gasteiger partial charge in [0.1, 0.15) is 37.9 Å². The van der Waals surface area contributed by atoms with Gasteiger partial charge in [0.15, 0.2) is 46.0 Å².